The summed E-state index contributed by atoms with van der Waals surface area (Å²) < 4.78 is 1.15. The molecule has 4 N–H and O–H groups in total. The Morgan fingerprint density at radius 3 is 2.73 bits per heavy atom. The largest absolute Gasteiger partial charge is 0.357 e. The quantitative estimate of drug-likeness (QED) is 0.839. The fourth-order valence-corrected chi connectivity index (χ4v) is 2.74. The molecule has 1 heterocycles. The minimum Gasteiger partial charge on any atom is -0.357 e. The van der Waals surface area contributed by atoms with E-state index in [9.17, 15) is 0 Å². The zero-order valence-corrected chi connectivity index (χ0v) is 10.7. The van der Waals surface area contributed by atoms with Gasteiger partial charge in [-0.25, -0.2) is 0 Å². The summed E-state index contributed by atoms with van der Waals surface area (Å²) in [5.41, 5.74) is 9.10. The Hall–Kier alpha value is -0.800. The van der Waals surface area contributed by atoms with E-state index in [1.807, 2.05) is 0 Å². The molecule has 1 aromatic carbocycles. The van der Waals surface area contributed by atoms with Crippen LogP contribution in [0.1, 0.15) is 16.8 Å². The smallest absolute Gasteiger partial charge is 0.0781 e. The van der Waals surface area contributed by atoms with Crippen molar-refractivity contribution >= 4 is 26.8 Å². The van der Waals surface area contributed by atoms with Gasteiger partial charge in [-0.3, -0.25) is 0 Å². The molecule has 2 aromatic rings. The van der Waals surface area contributed by atoms with Crippen LogP contribution in [0.2, 0.25) is 0 Å². The van der Waals surface area contributed by atoms with E-state index in [1.54, 1.807) is 0 Å². The molecule has 1 aromatic heterocycles. The Morgan fingerprint density at radius 1 is 1.33 bits per heavy atom. The average molecular weight is 268 g/mol. The van der Waals surface area contributed by atoms with Crippen molar-refractivity contribution in [2.24, 2.45) is 0 Å². The van der Waals surface area contributed by atoms with Crippen LogP contribution in [0.5, 0.6) is 0 Å². The van der Waals surface area contributed by atoms with E-state index in [1.165, 1.54) is 27.7 Å². The van der Waals surface area contributed by atoms with Gasteiger partial charge in [-0.05, 0) is 53.0 Å². The van der Waals surface area contributed by atoms with Crippen molar-refractivity contribution in [3.8, 4) is 0 Å². The number of rotatable bonds is 2. The fraction of sp³-hybridized carbons (Fsp3) is 0.333. The van der Waals surface area contributed by atoms with Crippen LogP contribution in [-0.2, 0) is 6.42 Å². The Balaban J connectivity index is 2.74. The number of fused-ring (bicyclic) bond motifs is 1. The van der Waals surface area contributed by atoms with Gasteiger partial charge in [-0.1, -0.05) is 0 Å². The maximum Gasteiger partial charge on any atom is 0.0781 e. The zero-order valence-electron chi connectivity index (χ0n) is 9.15. The lowest BCUT2D eigenvalue weighted by atomic mass is 10.1. The van der Waals surface area contributed by atoms with E-state index in [4.69, 9.17) is 0 Å². The summed E-state index contributed by atoms with van der Waals surface area (Å²) >= 11 is 3.60. The van der Waals surface area contributed by atoms with Crippen LogP contribution >= 0.6 is 15.9 Å². The van der Waals surface area contributed by atoms with Gasteiger partial charge in [0.2, 0.25) is 0 Å². The van der Waals surface area contributed by atoms with Gasteiger partial charge in [0.25, 0.3) is 0 Å². The van der Waals surface area contributed by atoms with Crippen LogP contribution < -0.4 is 5.73 Å². The number of aromatic amines is 1. The predicted molar refractivity (Wildman–Crippen MR) is 66.9 cm³/mol. The number of H-pyrrole nitrogens is 1. The number of hydrogen-bond acceptors (Lipinski definition) is 0. The minimum atomic E-state index is 0.944. The molecule has 2 nitrogen and oxygen atoms in total. The Kier molecular flexibility index (Phi) is 2.85. The number of nitrogens with one attached hydrogen (secondary N) is 1. The number of halogens is 1. The first-order valence-corrected chi connectivity index (χ1v) is 5.99. The van der Waals surface area contributed by atoms with Gasteiger partial charge >= 0.3 is 0 Å². The topological polar surface area (TPSA) is 43.4 Å². The van der Waals surface area contributed by atoms with E-state index in [-0.39, 0.29) is 0 Å². The first-order valence-electron chi connectivity index (χ1n) is 5.20. The van der Waals surface area contributed by atoms with Crippen molar-refractivity contribution in [1.29, 1.82) is 0 Å². The van der Waals surface area contributed by atoms with E-state index >= 15 is 0 Å². The van der Waals surface area contributed by atoms with Gasteiger partial charge in [-0.2, -0.15) is 0 Å². The summed E-state index contributed by atoms with van der Waals surface area (Å²) in [5.74, 6) is 0. The number of aryl methyl sites for hydroxylation is 2. The maximum atomic E-state index is 3.93. The molecule has 0 spiro atoms. The highest BCUT2D eigenvalue weighted by Crippen LogP contribution is 2.29. The van der Waals surface area contributed by atoms with Crippen LogP contribution in [-0.4, -0.2) is 11.5 Å². The summed E-state index contributed by atoms with van der Waals surface area (Å²) in [6.45, 7) is 5.20. The molecule has 0 aliphatic heterocycles. The normalized spacial score (nSPS) is 11.2. The van der Waals surface area contributed by atoms with Crippen molar-refractivity contribution < 1.29 is 5.73 Å². The SMILES string of the molecule is Cc1cc(Br)c2[nH]c(C)c(CC[NH3+])c2c1. The second-order valence-electron chi connectivity index (χ2n) is 4.00. The lowest BCUT2D eigenvalue weighted by molar-refractivity contribution is -0.366. The molecule has 0 saturated carbocycles. The van der Waals surface area contributed by atoms with E-state index in [0.717, 1.165) is 17.4 Å². The monoisotopic (exact) mass is 267 g/mol. The molecule has 3 heteroatoms. The third-order valence-electron chi connectivity index (χ3n) is 2.75. The Bertz CT molecular complexity index is 500. The van der Waals surface area contributed by atoms with Gasteiger partial charge < -0.3 is 10.7 Å². The van der Waals surface area contributed by atoms with E-state index in [2.05, 4.69) is 52.6 Å². The van der Waals surface area contributed by atoms with Crippen LogP contribution in [0.15, 0.2) is 16.6 Å². The van der Waals surface area contributed by atoms with Crippen LogP contribution in [0.25, 0.3) is 10.9 Å². The average Bonchev–Trinajstić information content (AvgIpc) is 2.46. The summed E-state index contributed by atoms with van der Waals surface area (Å²) in [7, 11) is 0. The fourth-order valence-electron chi connectivity index (χ4n) is 2.07. The highest BCUT2D eigenvalue weighted by molar-refractivity contribution is 9.10. The van der Waals surface area contributed by atoms with E-state index < -0.39 is 0 Å². The molecule has 0 radical (unpaired) electrons. The summed E-state index contributed by atoms with van der Waals surface area (Å²) in [6.07, 6.45) is 1.04. The van der Waals surface area contributed by atoms with Crippen molar-refractivity contribution in [2.75, 3.05) is 6.54 Å². The summed E-state index contributed by atoms with van der Waals surface area (Å²) in [4.78, 5) is 3.43. The van der Waals surface area contributed by atoms with Crippen LogP contribution in [0, 0.1) is 13.8 Å². The molecule has 0 aliphatic carbocycles. The van der Waals surface area contributed by atoms with Crippen LogP contribution in [0.4, 0.5) is 0 Å². The van der Waals surface area contributed by atoms with Crippen molar-refractivity contribution in [3.05, 3.63) is 33.4 Å². The van der Waals surface area contributed by atoms with E-state index in [0.29, 0.717) is 0 Å². The molecule has 0 aliphatic rings. The van der Waals surface area contributed by atoms with Gasteiger partial charge in [0.15, 0.2) is 0 Å². The lowest BCUT2D eigenvalue weighted by Gasteiger charge is -2.00. The van der Waals surface area contributed by atoms with Crippen molar-refractivity contribution in [1.82, 2.24) is 4.98 Å². The van der Waals surface area contributed by atoms with Crippen LogP contribution in [0.3, 0.4) is 0 Å². The molecule has 0 saturated heterocycles. The van der Waals surface area contributed by atoms with Gasteiger partial charge in [0.05, 0.1) is 12.1 Å². The first kappa shape index (κ1) is 10.7. The molecular formula is C12H16BrN2+. The third-order valence-corrected chi connectivity index (χ3v) is 3.38. The molecule has 0 amide bonds. The van der Waals surface area contributed by atoms with Gasteiger partial charge in [0, 0.05) is 22.0 Å². The van der Waals surface area contributed by atoms with Gasteiger partial charge in [-0.15, -0.1) is 0 Å². The molecule has 15 heavy (non-hydrogen) atoms. The highest BCUT2D eigenvalue weighted by Gasteiger charge is 2.10. The maximum absolute atomic E-state index is 3.93. The second kappa shape index (κ2) is 3.99. The summed E-state index contributed by atoms with van der Waals surface area (Å²) in [5, 5.41) is 1.34. The first-order chi connectivity index (χ1) is 7.13. The predicted octanol–water partition coefficient (Wildman–Crippen LogP) is 2.33. The molecule has 0 atom stereocenters. The standard InChI is InChI=1S/C12H15BrN2/c1-7-5-10-9(3-4-14)8(2)15-12(10)11(13)6-7/h5-6,15H,3-4,14H2,1-2H3/p+1. The lowest BCUT2D eigenvalue weighted by Crippen LogP contribution is -2.51. The molecule has 80 valence electrons. The summed E-state index contributed by atoms with van der Waals surface area (Å²) in [6, 6.07) is 4.39. The third kappa shape index (κ3) is 1.82. The number of benzene rings is 1. The van der Waals surface area contributed by atoms with Crippen molar-refractivity contribution in [3.63, 3.8) is 0 Å². The highest BCUT2D eigenvalue weighted by atomic mass is 79.9. The Morgan fingerprint density at radius 2 is 2.07 bits per heavy atom. The molecule has 0 fully saturated rings. The molecule has 0 bridgehead atoms. The number of aromatic nitrogens is 1. The molecule has 2 rings (SSSR count). The molecular weight excluding hydrogens is 252 g/mol. The number of hydrogen-bond donors (Lipinski definition) is 2. The Labute approximate surface area is 98.0 Å². The van der Waals surface area contributed by atoms with Crippen molar-refractivity contribution in [2.45, 2.75) is 20.3 Å². The second-order valence-corrected chi connectivity index (χ2v) is 4.86. The van der Waals surface area contributed by atoms with Gasteiger partial charge in [0.1, 0.15) is 0 Å². The molecule has 0 unspecified atom stereocenters. The minimum absolute atomic E-state index is 0.944. The zero-order chi connectivity index (χ0) is 11.0. The number of quaternary nitrogens is 1.